The minimum absolute atomic E-state index is 0.184. The first-order chi connectivity index (χ1) is 21.6. The van der Waals surface area contributed by atoms with Crippen LogP contribution in [0.2, 0.25) is 5.02 Å². The minimum Gasteiger partial charge on any atom is -0.493 e. The highest BCUT2D eigenvalue weighted by Gasteiger charge is 2.32. The van der Waals surface area contributed by atoms with E-state index in [1.54, 1.807) is 32.0 Å². The molecule has 1 heterocycles. The first-order valence-corrected chi connectivity index (χ1v) is 16.1. The Labute approximate surface area is 292 Å². The van der Waals surface area contributed by atoms with Crippen molar-refractivity contribution >= 4 is 80.9 Å². The summed E-state index contributed by atoms with van der Waals surface area (Å²) in [5, 5.41) is 10.0. The molecule has 0 spiro atoms. The number of esters is 1. The smallest absolute Gasteiger partial charge is 0.338 e. The van der Waals surface area contributed by atoms with Crippen molar-refractivity contribution in [3.05, 3.63) is 94.7 Å². The highest BCUT2D eigenvalue weighted by atomic mass is 127. The van der Waals surface area contributed by atoms with Gasteiger partial charge in [0.1, 0.15) is 12.4 Å². The van der Waals surface area contributed by atoms with Gasteiger partial charge < -0.3 is 29.6 Å². The number of rotatable bonds is 12. The van der Waals surface area contributed by atoms with Gasteiger partial charge in [-0.2, -0.15) is 5.10 Å². The molecule has 0 fully saturated rings. The molecule has 3 aromatic carbocycles. The molecule has 0 unspecified atom stereocenters. The largest absolute Gasteiger partial charge is 0.493 e. The third-order valence-corrected chi connectivity index (χ3v) is 8.18. The average Bonchev–Trinajstić information content (AvgIpc) is 2.99. The van der Waals surface area contributed by atoms with Crippen molar-refractivity contribution in [3.63, 3.8) is 0 Å². The molecule has 1 aliphatic rings. The number of nitrogens with one attached hydrogen (secondary N) is 3. The molecule has 4 rings (SSSR count). The second kappa shape index (κ2) is 16.1. The Morgan fingerprint density at radius 1 is 1.07 bits per heavy atom. The lowest BCUT2D eigenvalue weighted by atomic mass is 9.95. The van der Waals surface area contributed by atoms with Crippen LogP contribution in [0, 0.1) is 7.14 Å². The van der Waals surface area contributed by atoms with Crippen molar-refractivity contribution in [1.82, 2.24) is 16.1 Å². The van der Waals surface area contributed by atoms with Crippen LogP contribution in [0.25, 0.3) is 0 Å². The van der Waals surface area contributed by atoms with Crippen LogP contribution in [-0.2, 0) is 20.9 Å². The molecule has 11 nitrogen and oxygen atoms in total. The van der Waals surface area contributed by atoms with Gasteiger partial charge in [0, 0.05) is 10.7 Å². The molecular weight excluding hydrogens is 830 g/mol. The number of carbonyl (C=O) groups excluding carboxylic acids is 3. The number of benzene rings is 3. The topological polar surface area (TPSA) is 137 Å². The number of hydrogen-bond acceptors (Lipinski definition) is 8. The maximum atomic E-state index is 12.6. The maximum Gasteiger partial charge on any atom is 0.338 e. The SMILES string of the molecule is CCOC(=O)C1=C(C)NC(=O)N[C@H]1c1ccc(OCC(=O)N/N=C/c2cc(I)c(OCc3cccc(Cl)c3)c(I)c2)c(OC)c1. The Bertz CT molecular complexity index is 1640. The van der Waals surface area contributed by atoms with Gasteiger partial charge in [0.15, 0.2) is 18.1 Å². The summed E-state index contributed by atoms with van der Waals surface area (Å²) in [6.07, 6.45) is 1.53. The molecule has 1 atom stereocenters. The molecule has 0 saturated heterocycles. The van der Waals surface area contributed by atoms with E-state index in [1.807, 2.05) is 36.4 Å². The number of urea groups is 1. The number of halogens is 3. The van der Waals surface area contributed by atoms with Crippen LogP contribution in [0.15, 0.2) is 71.0 Å². The van der Waals surface area contributed by atoms with Gasteiger partial charge in [-0.1, -0.05) is 29.8 Å². The van der Waals surface area contributed by atoms with Crippen molar-refractivity contribution in [1.29, 1.82) is 0 Å². The normalized spacial score (nSPS) is 14.4. The summed E-state index contributed by atoms with van der Waals surface area (Å²) in [5.41, 5.74) is 5.41. The second-order valence-corrected chi connectivity index (χ2v) is 12.3. The highest BCUT2D eigenvalue weighted by Crippen LogP contribution is 2.35. The molecule has 45 heavy (non-hydrogen) atoms. The molecule has 3 amide bonds. The van der Waals surface area contributed by atoms with Gasteiger partial charge in [-0.3, -0.25) is 4.79 Å². The Morgan fingerprint density at radius 3 is 2.51 bits per heavy atom. The molecule has 0 bridgehead atoms. The molecule has 3 N–H and O–H groups in total. The third-order valence-electron chi connectivity index (χ3n) is 6.34. The van der Waals surface area contributed by atoms with E-state index in [0.29, 0.717) is 28.6 Å². The number of allylic oxidation sites excluding steroid dienone is 1. The van der Waals surface area contributed by atoms with Crippen LogP contribution in [0.1, 0.15) is 36.6 Å². The fourth-order valence-corrected chi connectivity index (χ4v) is 6.68. The van der Waals surface area contributed by atoms with Gasteiger partial charge in [0.05, 0.1) is 38.7 Å². The maximum absolute atomic E-state index is 12.6. The summed E-state index contributed by atoms with van der Waals surface area (Å²) >= 11 is 10.4. The molecule has 1 aliphatic heterocycles. The zero-order chi connectivity index (χ0) is 32.5. The van der Waals surface area contributed by atoms with Crippen molar-refractivity contribution in [3.8, 4) is 17.2 Å². The van der Waals surface area contributed by atoms with E-state index < -0.39 is 23.9 Å². The Morgan fingerprint density at radius 2 is 1.82 bits per heavy atom. The Kier molecular flexibility index (Phi) is 12.3. The minimum atomic E-state index is -0.770. The van der Waals surface area contributed by atoms with Crippen LogP contribution < -0.4 is 30.3 Å². The van der Waals surface area contributed by atoms with E-state index in [2.05, 4.69) is 66.3 Å². The van der Waals surface area contributed by atoms with E-state index in [0.717, 1.165) is 24.0 Å². The monoisotopic (exact) mass is 858 g/mol. The second-order valence-electron chi connectivity index (χ2n) is 9.52. The summed E-state index contributed by atoms with van der Waals surface area (Å²) in [7, 11) is 1.45. The summed E-state index contributed by atoms with van der Waals surface area (Å²) in [4.78, 5) is 37.2. The quantitative estimate of drug-likeness (QED) is 0.0900. The lowest BCUT2D eigenvalue weighted by Gasteiger charge is -2.28. The molecule has 0 aliphatic carbocycles. The number of amides is 3. The zero-order valence-corrected chi connectivity index (χ0v) is 29.5. The Balaban J connectivity index is 1.36. The first-order valence-electron chi connectivity index (χ1n) is 13.5. The van der Waals surface area contributed by atoms with Crippen LogP contribution in [0.3, 0.4) is 0 Å². The molecule has 14 heteroatoms. The van der Waals surface area contributed by atoms with Gasteiger partial charge in [0.2, 0.25) is 0 Å². The van der Waals surface area contributed by atoms with Crippen molar-refractivity contribution in [2.45, 2.75) is 26.5 Å². The third kappa shape index (κ3) is 9.23. The average molecular weight is 859 g/mol. The lowest BCUT2D eigenvalue weighted by Crippen LogP contribution is -2.45. The zero-order valence-electron chi connectivity index (χ0n) is 24.4. The van der Waals surface area contributed by atoms with E-state index in [4.69, 9.17) is 30.5 Å². The fraction of sp³-hybridized carbons (Fsp3) is 0.226. The number of ether oxygens (including phenoxy) is 4. The van der Waals surface area contributed by atoms with E-state index in [1.165, 1.54) is 13.3 Å². The highest BCUT2D eigenvalue weighted by molar-refractivity contribution is 14.1. The predicted molar refractivity (Wildman–Crippen MR) is 186 cm³/mol. The van der Waals surface area contributed by atoms with Crippen molar-refractivity contribution in [2.24, 2.45) is 5.10 Å². The standard InChI is InChI=1S/C31H29ClI2N4O7/c1-4-43-30(40)27-17(2)36-31(41)37-28(27)20-8-9-24(25(13-20)42-3)44-16-26(39)38-35-14-19-11-22(33)29(23(34)12-19)45-15-18-6-5-7-21(32)10-18/h5-14,28H,4,15-16H2,1-3H3,(H,38,39)(H2,36,37,41)/b35-14+/t28-/m0/s1. The van der Waals surface area contributed by atoms with Crippen LogP contribution >= 0.6 is 56.8 Å². The number of methoxy groups -OCH3 is 1. The summed E-state index contributed by atoms with van der Waals surface area (Å²) in [6, 6.07) is 14.9. The Hall–Kier alpha value is -3.57. The summed E-state index contributed by atoms with van der Waals surface area (Å²) in [6.45, 7) is 3.56. The first kappa shape index (κ1) is 34.3. The van der Waals surface area contributed by atoms with Crippen LogP contribution in [0.5, 0.6) is 17.2 Å². The van der Waals surface area contributed by atoms with Gasteiger partial charge >= 0.3 is 12.0 Å². The number of carbonyl (C=O) groups is 3. The summed E-state index contributed by atoms with van der Waals surface area (Å²) in [5.74, 6) is 0.302. The number of hydrazone groups is 1. The van der Waals surface area contributed by atoms with Gasteiger partial charge in [-0.15, -0.1) is 0 Å². The van der Waals surface area contributed by atoms with E-state index in [9.17, 15) is 14.4 Å². The molecule has 0 saturated carbocycles. The van der Waals surface area contributed by atoms with Gasteiger partial charge in [-0.05, 0) is 112 Å². The molecule has 3 aromatic rings. The van der Waals surface area contributed by atoms with Crippen molar-refractivity contribution < 1.29 is 33.3 Å². The molecule has 0 radical (unpaired) electrons. The number of nitrogens with zero attached hydrogens (tertiary/aromatic N) is 1. The van der Waals surface area contributed by atoms with Crippen LogP contribution in [-0.4, -0.2) is 44.4 Å². The predicted octanol–water partition coefficient (Wildman–Crippen LogP) is 5.86. The molecule has 0 aromatic heterocycles. The van der Waals surface area contributed by atoms with E-state index in [-0.39, 0.29) is 24.5 Å². The van der Waals surface area contributed by atoms with Crippen molar-refractivity contribution in [2.75, 3.05) is 20.3 Å². The van der Waals surface area contributed by atoms with Gasteiger partial charge in [0.25, 0.3) is 5.91 Å². The summed E-state index contributed by atoms with van der Waals surface area (Å²) < 4.78 is 24.1. The molecule has 236 valence electrons. The number of hydrogen-bond donors (Lipinski definition) is 3. The lowest BCUT2D eigenvalue weighted by molar-refractivity contribution is -0.139. The van der Waals surface area contributed by atoms with E-state index >= 15 is 0 Å². The van der Waals surface area contributed by atoms with Crippen LogP contribution in [0.4, 0.5) is 4.79 Å². The molecular formula is C31H29ClI2N4O7. The fourth-order valence-electron chi connectivity index (χ4n) is 4.33. The van der Waals surface area contributed by atoms with Gasteiger partial charge in [-0.25, -0.2) is 15.0 Å².